The molecule has 1 saturated heterocycles. The fourth-order valence-electron chi connectivity index (χ4n) is 5.36. The van der Waals surface area contributed by atoms with E-state index >= 15 is 0 Å². The van der Waals surface area contributed by atoms with E-state index in [0.717, 1.165) is 38.3 Å². The molecule has 6 rings (SSSR count). The molecule has 1 saturated carbocycles. The minimum absolute atomic E-state index is 0.0916. The monoisotopic (exact) mass is 427 g/mol. The normalized spacial score (nSPS) is 23.0. The number of piperidine rings is 1. The first-order chi connectivity index (χ1) is 15.6. The highest BCUT2D eigenvalue weighted by atomic mass is 16.4. The quantitative estimate of drug-likeness (QED) is 0.586. The van der Waals surface area contributed by atoms with E-state index in [2.05, 4.69) is 56.2 Å². The van der Waals surface area contributed by atoms with Crippen LogP contribution in [0.15, 0.2) is 46.1 Å². The van der Waals surface area contributed by atoms with Gasteiger partial charge in [-0.15, -0.1) is 10.2 Å². The van der Waals surface area contributed by atoms with Crippen LogP contribution >= 0.6 is 0 Å². The Morgan fingerprint density at radius 2 is 1.91 bits per heavy atom. The van der Waals surface area contributed by atoms with Crippen LogP contribution in [0.5, 0.6) is 0 Å². The Kier molecular flexibility index (Phi) is 4.42. The Morgan fingerprint density at radius 3 is 2.59 bits per heavy atom. The van der Waals surface area contributed by atoms with Crippen LogP contribution in [0.4, 0.5) is 5.95 Å². The summed E-state index contributed by atoms with van der Waals surface area (Å²) in [5.41, 5.74) is 3.72. The third-order valence-electron chi connectivity index (χ3n) is 7.38. The van der Waals surface area contributed by atoms with Crippen LogP contribution in [0.25, 0.3) is 0 Å². The number of rotatable bonds is 2. The maximum Gasteiger partial charge on any atom is 0.270 e. The molecule has 2 aliphatic carbocycles. The minimum Gasteiger partial charge on any atom is -0.428 e. The second-order valence-electron chi connectivity index (χ2n) is 9.44. The highest BCUT2D eigenvalue weighted by Crippen LogP contribution is 2.46. The van der Waals surface area contributed by atoms with Crippen molar-refractivity contribution in [3.8, 4) is 11.8 Å². The summed E-state index contributed by atoms with van der Waals surface area (Å²) in [7, 11) is 1.80. The molecule has 1 spiro atoms. The third-order valence-corrected chi connectivity index (χ3v) is 7.38. The lowest BCUT2D eigenvalue weighted by Gasteiger charge is -2.40. The average Bonchev–Trinajstić information content (AvgIpc) is 3.20. The predicted molar refractivity (Wildman–Crippen MR) is 119 cm³/mol. The Bertz CT molecular complexity index is 1250. The van der Waals surface area contributed by atoms with Gasteiger partial charge in [-0.1, -0.05) is 36.1 Å². The van der Waals surface area contributed by atoms with Crippen LogP contribution < -0.4 is 10.5 Å². The fraction of sp³-hybridized carbons (Fsp3) is 0.440. The zero-order valence-electron chi connectivity index (χ0n) is 18.1. The Hall–Kier alpha value is -3.40. The van der Waals surface area contributed by atoms with Gasteiger partial charge in [0.2, 0.25) is 18.2 Å². The van der Waals surface area contributed by atoms with Gasteiger partial charge in [0.25, 0.3) is 5.56 Å². The first kappa shape index (κ1) is 19.3. The Labute approximate surface area is 186 Å². The van der Waals surface area contributed by atoms with Crippen molar-refractivity contribution in [3.05, 3.63) is 69.8 Å². The molecule has 3 aliphatic rings. The summed E-state index contributed by atoms with van der Waals surface area (Å²) in [6.07, 6.45) is 8.44. The molecular weight excluding hydrogens is 402 g/mol. The minimum atomic E-state index is -0.0916. The molecule has 7 heteroatoms. The van der Waals surface area contributed by atoms with Crippen molar-refractivity contribution in [2.45, 2.75) is 38.0 Å². The molecule has 7 nitrogen and oxygen atoms in total. The van der Waals surface area contributed by atoms with Gasteiger partial charge >= 0.3 is 0 Å². The molecule has 2 fully saturated rings. The van der Waals surface area contributed by atoms with Crippen LogP contribution in [0.2, 0.25) is 0 Å². The molecule has 3 heterocycles. The van der Waals surface area contributed by atoms with E-state index in [1.165, 1.54) is 30.4 Å². The lowest BCUT2D eigenvalue weighted by Crippen LogP contribution is -2.43. The summed E-state index contributed by atoms with van der Waals surface area (Å²) in [5.74, 6) is 7.91. The zero-order chi connectivity index (χ0) is 21.7. The van der Waals surface area contributed by atoms with E-state index in [1.807, 2.05) is 0 Å². The average molecular weight is 428 g/mol. The van der Waals surface area contributed by atoms with Gasteiger partial charge in [-0.25, -0.2) is 4.98 Å². The molecule has 2 unspecified atom stereocenters. The number of hydrogen-bond acceptors (Lipinski definition) is 6. The van der Waals surface area contributed by atoms with Crippen molar-refractivity contribution in [2.24, 2.45) is 18.4 Å². The van der Waals surface area contributed by atoms with E-state index in [0.29, 0.717) is 16.9 Å². The number of fused-ring (bicyclic) bond motifs is 1. The molecule has 1 aromatic carbocycles. The van der Waals surface area contributed by atoms with Gasteiger partial charge in [0.15, 0.2) is 0 Å². The second kappa shape index (κ2) is 7.33. The second-order valence-corrected chi connectivity index (χ2v) is 9.44. The van der Waals surface area contributed by atoms with Crippen LogP contribution in [0.3, 0.4) is 0 Å². The van der Waals surface area contributed by atoms with Gasteiger partial charge in [-0.3, -0.25) is 9.36 Å². The molecule has 0 amide bonds. The van der Waals surface area contributed by atoms with Crippen molar-refractivity contribution >= 4 is 5.95 Å². The van der Waals surface area contributed by atoms with E-state index in [9.17, 15) is 4.79 Å². The van der Waals surface area contributed by atoms with E-state index in [4.69, 9.17) is 4.42 Å². The van der Waals surface area contributed by atoms with Crippen LogP contribution in [0, 0.1) is 23.2 Å². The summed E-state index contributed by atoms with van der Waals surface area (Å²) in [4.78, 5) is 19.8. The van der Waals surface area contributed by atoms with Crippen molar-refractivity contribution in [3.63, 3.8) is 0 Å². The number of nitrogens with zero attached hydrogens (tertiary/aromatic N) is 5. The Balaban J connectivity index is 1.14. The standard InChI is InChI=1S/C25H25N5O2/c1-29-23(31)20(7-6-17-12-21(17)22-28-27-16-32-22)15-26-24(29)30-10-8-25(9-11-30)13-18-4-2-3-5-19(18)14-25/h2-5,15-17,21H,8-14H2,1H3. The first-order valence-corrected chi connectivity index (χ1v) is 11.3. The van der Waals surface area contributed by atoms with E-state index in [1.54, 1.807) is 17.8 Å². The number of hydrogen-bond donors (Lipinski definition) is 0. The van der Waals surface area contributed by atoms with Gasteiger partial charge in [0.05, 0.1) is 12.1 Å². The Morgan fingerprint density at radius 1 is 1.16 bits per heavy atom. The molecular formula is C25H25N5O2. The van der Waals surface area contributed by atoms with Crippen LogP contribution in [0.1, 0.15) is 47.8 Å². The molecule has 32 heavy (non-hydrogen) atoms. The summed E-state index contributed by atoms with van der Waals surface area (Å²) in [6.45, 7) is 1.85. The largest absolute Gasteiger partial charge is 0.428 e. The van der Waals surface area contributed by atoms with Crippen LogP contribution in [-0.2, 0) is 19.9 Å². The highest BCUT2D eigenvalue weighted by molar-refractivity contribution is 5.40. The van der Waals surface area contributed by atoms with Gasteiger partial charge in [0, 0.05) is 26.1 Å². The van der Waals surface area contributed by atoms with E-state index in [-0.39, 0.29) is 17.4 Å². The highest BCUT2D eigenvalue weighted by Gasteiger charge is 2.41. The molecule has 3 aromatic rings. The molecule has 0 N–H and O–H groups in total. The van der Waals surface area contributed by atoms with Gasteiger partial charge < -0.3 is 9.32 Å². The molecule has 162 valence electrons. The number of anilines is 1. The number of benzene rings is 1. The topological polar surface area (TPSA) is 77.1 Å². The predicted octanol–water partition coefficient (Wildman–Crippen LogP) is 2.70. The summed E-state index contributed by atoms with van der Waals surface area (Å²) in [6, 6.07) is 8.83. The van der Waals surface area contributed by atoms with Gasteiger partial charge in [0.1, 0.15) is 5.56 Å². The molecule has 0 bridgehead atoms. The maximum atomic E-state index is 12.9. The molecule has 2 aromatic heterocycles. The smallest absolute Gasteiger partial charge is 0.270 e. The lowest BCUT2D eigenvalue weighted by atomic mass is 9.76. The fourth-order valence-corrected chi connectivity index (χ4v) is 5.36. The van der Waals surface area contributed by atoms with E-state index < -0.39 is 0 Å². The first-order valence-electron chi connectivity index (χ1n) is 11.3. The van der Waals surface area contributed by atoms with Crippen LogP contribution in [-0.4, -0.2) is 32.8 Å². The third kappa shape index (κ3) is 3.31. The van der Waals surface area contributed by atoms with Gasteiger partial charge in [-0.05, 0) is 48.6 Å². The molecule has 0 radical (unpaired) electrons. The summed E-state index contributed by atoms with van der Waals surface area (Å²) in [5, 5.41) is 7.67. The van der Waals surface area contributed by atoms with Crippen molar-refractivity contribution in [2.75, 3.05) is 18.0 Å². The zero-order valence-corrected chi connectivity index (χ0v) is 18.1. The molecule has 1 aliphatic heterocycles. The maximum absolute atomic E-state index is 12.9. The summed E-state index contributed by atoms with van der Waals surface area (Å²) >= 11 is 0. The lowest BCUT2D eigenvalue weighted by molar-refractivity contribution is 0.231. The van der Waals surface area contributed by atoms with Crippen molar-refractivity contribution < 1.29 is 4.42 Å². The number of aromatic nitrogens is 4. The van der Waals surface area contributed by atoms with Crippen molar-refractivity contribution in [1.82, 2.24) is 19.7 Å². The van der Waals surface area contributed by atoms with Crippen molar-refractivity contribution in [1.29, 1.82) is 0 Å². The SMILES string of the molecule is Cn1c(N2CCC3(CC2)Cc2ccccc2C3)ncc(C#CC2CC2c2nnco2)c1=O. The summed E-state index contributed by atoms with van der Waals surface area (Å²) < 4.78 is 6.89. The molecule has 2 atom stereocenters. The van der Waals surface area contributed by atoms with Gasteiger partial charge in [-0.2, -0.15) is 0 Å².